The fourth-order valence-corrected chi connectivity index (χ4v) is 3.14. The van der Waals surface area contributed by atoms with Gasteiger partial charge in [-0.1, -0.05) is 27.7 Å². The van der Waals surface area contributed by atoms with Crippen molar-refractivity contribution in [2.45, 2.75) is 72.9 Å². The number of nitrogens with two attached hydrogens (primary N) is 1. The van der Waals surface area contributed by atoms with E-state index in [4.69, 9.17) is 5.73 Å². The van der Waals surface area contributed by atoms with Gasteiger partial charge in [0.05, 0.1) is 5.69 Å². The van der Waals surface area contributed by atoms with Crippen LogP contribution in [0, 0.1) is 12.8 Å². The lowest BCUT2D eigenvalue weighted by Gasteiger charge is -2.35. The maximum absolute atomic E-state index is 6.06. The molecule has 0 bridgehead atoms. The van der Waals surface area contributed by atoms with Crippen molar-refractivity contribution in [2.75, 3.05) is 11.4 Å². The van der Waals surface area contributed by atoms with Crippen LogP contribution in [-0.2, 0) is 13.5 Å². The van der Waals surface area contributed by atoms with Gasteiger partial charge in [0.25, 0.3) is 0 Å². The fourth-order valence-electron chi connectivity index (χ4n) is 3.14. The second kappa shape index (κ2) is 7.83. The van der Waals surface area contributed by atoms with Gasteiger partial charge in [0.2, 0.25) is 0 Å². The molecule has 0 aliphatic carbocycles. The lowest BCUT2D eigenvalue weighted by Crippen LogP contribution is -2.39. The average molecular weight is 294 g/mol. The van der Waals surface area contributed by atoms with Crippen molar-refractivity contribution in [2.24, 2.45) is 18.7 Å². The molecular formula is C17H34N4. The molecule has 1 aromatic rings. The van der Waals surface area contributed by atoms with E-state index >= 15 is 0 Å². The number of aromatic nitrogens is 2. The lowest BCUT2D eigenvalue weighted by molar-refractivity contribution is 0.492. The highest BCUT2D eigenvalue weighted by Crippen LogP contribution is 2.28. The molecule has 0 spiro atoms. The van der Waals surface area contributed by atoms with Crippen LogP contribution in [0.15, 0.2) is 0 Å². The van der Waals surface area contributed by atoms with Gasteiger partial charge in [0.15, 0.2) is 0 Å². The molecule has 0 radical (unpaired) electrons. The van der Waals surface area contributed by atoms with E-state index in [2.05, 4.69) is 58.6 Å². The maximum atomic E-state index is 6.06. The third-order valence-corrected chi connectivity index (χ3v) is 4.06. The summed E-state index contributed by atoms with van der Waals surface area (Å²) in [6.07, 6.45) is 3.21. The first-order valence-corrected chi connectivity index (χ1v) is 8.36. The van der Waals surface area contributed by atoms with Crippen LogP contribution in [0.3, 0.4) is 0 Å². The molecule has 1 aromatic heterocycles. The van der Waals surface area contributed by atoms with E-state index in [0.29, 0.717) is 12.0 Å². The van der Waals surface area contributed by atoms with Gasteiger partial charge in [0.1, 0.15) is 5.82 Å². The van der Waals surface area contributed by atoms with Crippen LogP contribution >= 0.6 is 0 Å². The van der Waals surface area contributed by atoms with E-state index in [1.807, 2.05) is 4.68 Å². The van der Waals surface area contributed by atoms with Crippen LogP contribution in [0.25, 0.3) is 0 Å². The van der Waals surface area contributed by atoms with E-state index in [1.165, 1.54) is 11.4 Å². The first kappa shape index (κ1) is 18.0. The minimum Gasteiger partial charge on any atom is -0.353 e. The molecule has 122 valence electrons. The summed E-state index contributed by atoms with van der Waals surface area (Å²) in [6.45, 7) is 14.3. The molecule has 21 heavy (non-hydrogen) atoms. The molecule has 0 aliphatic heterocycles. The highest BCUT2D eigenvalue weighted by Gasteiger charge is 2.25. The van der Waals surface area contributed by atoms with E-state index < -0.39 is 0 Å². The number of hydrogen-bond acceptors (Lipinski definition) is 3. The van der Waals surface area contributed by atoms with Crippen molar-refractivity contribution in [3.8, 4) is 0 Å². The Balaban J connectivity index is 3.28. The van der Waals surface area contributed by atoms with Gasteiger partial charge in [-0.05, 0) is 39.0 Å². The van der Waals surface area contributed by atoms with Crippen molar-refractivity contribution in [3.05, 3.63) is 11.3 Å². The van der Waals surface area contributed by atoms with Gasteiger partial charge in [-0.2, -0.15) is 5.10 Å². The Morgan fingerprint density at radius 2 is 1.76 bits per heavy atom. The number of aryl methyl sites for hydroxylation is 2. The van der Waals surface area contributed by atoms with Crippen molar-refractivity contribution in [3.63, 3.8) is 0 Å². The molecule has 4 nitrogen and oxygen atoms in total. The highest BCUT2D eigenvalue weighted by molar-refractivity contribution is 5.51. The zero-order chi connectivity index (χ0) is 16.2. The molecule has 0 amide bonds. The molecule has 0 aliphatic rings. The molecule has 1 atom stereocenters. The topological polar surface area (TPSA) is 47.1 Å². The summed E-state index contributed by atoms with van der Waals surface area (Å²) >= 11 is 0. The van der Waals surface area contributed by atoms with Crippen LogP contribution in [0.5, 0.6) is 0 Å². The summed E-state index contributed by atoms with van der Waals surface area (Å²) in [5.41, 5.74) is 8.49. The second-order valence-corrected chi connectivity index (χ2v) is 6.71. The largest absolute Gasteiger partial charge is 0.353 e. The van der Waals surface area contributed by atoms with Gasteiger partial charge in [0, 0.05) is 31.2 Å². The van der Waals surface area contributed by atoms with Gasteiger partial charge in [-0.25, -0.2) is 0 Å². The molecule has 1 unspecified atom stereocenters. The Bertz CT molecular complexity index is 430. The molecule has 1 heterocycles. The Labute approximate surface area is 130 Å². The Morgan fingerprint density at radius 3 is 2.19 bits per heavy atom. The third-order valence-electron chi connectivity index (χ3n) is 4.06. The van der Waals surface area contributed by atoms with Crippen LogP contribution in [0.2, 0.25) is 0 Å². The average Bonchev–Trinajstić information content (AvgIpc) is 2.63. The van der Waals surface area contributed by atoms with E-state index in [-0.39, 0.29) is 6.04 Å². The Morgan fingerprint density at radius 1 is 1.19 bits per heavy atom. The van der Waals surface area contributed by atoms with Gasteiger partial charge in [-0.15, -0.1) is 0 Å². The van der Waals surface area contributed by atoms with Gasteiger partial charge >= 0.3 is 0 Å². The summed E-state index contributed by atoms with van der Waals surface area (Å²) in [4.78, 5) is 2.56. The standard InChI is InChI=1S/C17H34N4/c1-8-15(9-2)21(11-12(3)4)17-16(10-13(5)18)14(6)19-20(17)7/h12-13,15H,8-11,18H2,1-7H3. The summed E-state index contributed by atoms with van der Waals surface area (Å²) in [7, 11) is 2.06. The normalized spacial score (nSPS) is 13.2. The van der Waals surface area contributed by atoms with E-state index in [1.54, 1.807) is 0 Å². The van der Waals surface area contributed by atoms with Crippen molar-refractivity contribution in [1.29, 1.82) is 0 Å². The van der Waals surface area contributed by atoms with Crippen molar-refractivity contribution in [1.82, 2.24) is 9.78 Å². The number of anilines is 1. The number of nitrogens with zero attached hydrogens (tertiary/aromatic N) is 3. The number of hydrogen-bond donors (Lipinski definition) is 1. The fraction of sp³-hybridized carbons (Fsp3) is 0.824. The summed E-state index contributed by atoms with van der Waals surface area (Å²) in [5.74, 6) is 1.90. The molecule has 0 saturated carbocycles. The predicted octanol–water partition coefficient (Wildman–Crippen LogP) is 3.27. The Kier molecular flexibility index (Phi) is 6.72. The maximum Gasteiger partial charge on any atom is 0.130 e. The third kappa shape index (κ3) is 4.47. The predicted molar refractivity (Wildman–Crippen MR) is 91.9 cm³/mol. The van der Waals surface area contributed by atoms with Gasteiger partial charge < -0.3 is 10.6 Å². The van der Waals surface area contributed by atoms with E-state index in [9.17, 15) is 0 Å². The molecule has 1 rings (SSSR count). The van der Waals surface area contributed by atoms with E-state index in [0.717, 1.165) is 31.5 Å². The van der Waals surface area contributed by atoms with Crippen LogP contribution in [0.1, 0.15) is 58.7 Å². The lowest BCUT2D eigenvalue weighted by atomic mass is 10.0. The van der Waals surface area contributed by atoms with Crippen LogP contribution < -0.4 is 10.6 Å². The monoisotopic (exact) mass is 294 g/mol. The molecule has 2 N–H and O–H groups in total. The molecular weight excluding hydrogens is 260 g/mol. The highest BCUT2D eigenvalue weighted by atomic mass is 15.4. The zero-order valence-electron chi connectivity index (χ0n) is 15.0. The quantitative estimate of drug-likeness (QED) is 0.800. The molecule has 0 fully saturated rings. The summed E-state index contributed by atoms with van der Waals surface area (Å²) < 4.78 is 2.05. The Hall–Kier alpha value is -1.03. The first-order chi connectivity index (χ1) is 9.81. The molecule has 4 heteroatoms. The van der Waals surface area contributed by atoms with Crippen LogP contribution in [0.4, 0.5) is 5.82 Å². The summed E-state index contributed by atoms with van der Waals surface area (Å²) in [5, 5.41) is 4.66. The second-order valence-electron chi connectivity index (χ2n) is 6.71. The van der Waals surface area contributed by atoms with Gasteiger partial charge in [-0.3, -0.25) is 4.68 Å². The van der Waals surface area contributed by atoms with Crippen molar-refractivity contribution >= 4 is 5.82 Å². The minimum absolute atomic E-state index is 0.161. The first-order valence-electron chi connectivity index (χ1n) is 8.36. The van der Waals surface area contributed by atoms with Crippen LogP contribution in [-0.4, -0.2) is 28.4 Å². The summed E-state index contributed by atoms with van der Waals surface area (Å²) in [6, 6.07) is 0.725. The minimum atomic E-state index is 0.161. The van der Waals surface area contributed by atoms with Crippen molar-refractivity contribution < 1.29 is 0 Å². The zero-order valence-corrected chi connectivity index (χ0v) is 15.0. The molecule has 0 saturated heterocycles. The SMILES string of the molecule is CCC(CC)N(CC(C)C)c1c(CC(C)N)c(C)nn1C. The number of rotatable bonds is 8. The smallest absolute Gasteiger partial charge is 0.130 e. The molecule has 0 aromatic carbocycles.